The molecule has 72 valence electrons. The number of rotatable bonds is 2. The summed E-state index contributed by atoms with van der Waals surface area (Å²) in [5, 5.41) is 0. The average Bonchev–Trinajstić information content (AvgIpc) is 2.09. The van der Waals surface area contributed by atoms with Gasteiger partial charge in [0.15, 0.2) is 6.29 Å². The van der Waals surface area contributed by atoms with Crippen molar-refractivity contribution in [1.82, 2.24) is 0 Å². The van der Waals surface area contributed by atoms with E-state index in [2.05, 4.69) is 20.8 Å². The van der Waals surface area contributed by atoms with Crippen molar-refractivity contribution in [3.63, 3.8) is 0 Å². The Hall–Kier alpha value is -0.0800. The smallest absolute Gasteiger partial charge is 0.157 e. The second-order valence-electron chi connectivity index (χ2n) is 3.82. The normalized spacial score (nSPS) is 43.0. The predicted molar refractivity (Wildman–Crippen MR) is 48.9 cm³/mol. The van der Waals surface area contributed by atoms with E-state index in [1.54, 1.807) is 7.11 Å². The van der Waals surface area contributed by atoms with Crippen LogP contribution in [-0.4, -0.2) is 19.5 Å². The molecule has 0 aliphatic carbocycles. The van der Waals surface area contributed by atoms with Crippen molar-refractivity contribution in [2.45, 2.75) is 46.0 Å². The van der Waals surface area contributed by atoms with E-state index in [0.717, 1.165) is 12.8 Å². The molecule has 0 N–H and O–H groups in total. The zero-order chi connectivity index (χ0) is 9.14. The predicted octanol–water partition coefficient (Wildman–Crippen LogP) is 2.43. The van der Waals surface area contributed by atoms with Crippen LogP contribution in [0.4, 0.5) is 0 Å². The van der Waals surface area contributed by atoms with Gasteiger partial charge in [0.05, 0.1) is 6.10 Å². The molecule has 1 heterocycles. The summed E-state index contributed by atoms with van der Waals surface area (Å²) in [5.41, 5.74) is 0. The highest BCUT2D eigenvalue weighted by Gasteiger charge is 2.32. The Morgan fingerprint density at radius 1 is 1.42 bits per heavy atom. The first-order chi connectivity index (χ1) is 5.69. The van der Waals surface area contributed by atoms with Crippen LogP contribution >= 0.6 is 0 Å². The summed E-state index contributed by atoms with van der Waals surface area (Å²) < 4.78 is 11.0. The van der Waals surface area contributed by atoms with Gasteiger partial charge >= 0.3 is 0 Å². The van der Waals surface area contributed by atoms with Gasteiger partial charge in [0.25, 0.3) is 0 Å². The van der Waals surface area contributed by atoms with Crippen LogP contribution in [0.2, 0.25) is 0 Å². The Bertz CT molecular complexity index is 136. The van der Waals surface area contributed by atoms with Crippen LogP contribution in [0.3, 0.4) is 0 Å². The number of methoxy groups -OCH3 is 1. The lowest BCUT2D eigenvalue weighted by molar-refractivity contribution is -0.209. The SMILES string of the molecule is CCC1O[C@@H](OC)C[C@@H](C)[C@H]1C. The fraction of sp³-hybridized carbons (Fsp3) is 1.00. The maximum absolute atomic E-state index is 5.75. The first-order valence-corrected chi connectivity index (χ1v) is 4.87. The molecular formula is C10H20O2. The van der Waals surface area contributed by atoms with Crippen LogP contribution in [0.25, 0.3) is 0 Å². The van der Waals surface area contributed by atoms with Crippen LogP contribution < -0.4 is 0 Å². The number of ether oxygens (including phenoxy) is 2. The van der Waals surface area contributed by atoms with Gasteiger partial charge in [0, 0.05) is 13.5 Å². The fourth-order valence-electron chi connectivity index (χ4n) is 1.88. The third kappa shape index (κ3) is 1.99. The zero-order valence-corrected chi connectivity index (χ0v) is 8.54. The molecule has 0 amide bonds. The molecule has 0 aromatic rings. The Morgan fingerprint density at radius 2 is 2.08 bits per heavy atom. The van der Waals surface area contributed by atoms with Crippen LogP contribution in [-0.2, 0) is 9.47 Å². The Balaban J connectivity index is 2.52. The molecule has 1 fully saturated rings. The fourth-order valence-corrected chi connectivity index (χ4v) is 1.88. The molecule has 1 unspecified atom stereocenters. The molecule has 0 bridgehead atoms. The van der Waals surface area contributed by atoms with Gasteiger partial charge in [-0.05, 0) is 18.3 Å². The highest BCUT2D eigenvalue weighted by atomic mass is 16.7. The van der Waals surface area contributed by atoms with E-state index < -0.39 is 0 Å². The summed E-state index contributed by atoms with van der Waals surface area (Å²) in [6.07, 6.45) is 2.54. The minimum atomic E-state index is 0.0288. The summed E-state index contributed by atoms with van der Waals surface area (Å²) in [6, 6.07) is 0. The van der Waals surface area contributed by atoms with E-state index in [0.29, 0.717) is 17.9 Å². The third-order valence-electron chi connectivity index (χ3n) is 3.04. The second kappa shape index (κ2) is 4.24. The Labute approximate surface area is 75.2 Å². The number of hydrogen-bond acceptors (Lipinski definition) is 2. The summed E-state index contributed by atoms with van der Waals surface area (Å²) in [7, 11) is 1.72. The Kier molecular flexibility index (Phi) is 3.53. The molecule has 1 aliphatic heterocycles. The van der Waals surface area contributed by atoms with Gasteiger partial charge in [0.1, 0.15) is 0 Å². The standard InChI is InChI=1S/C10H20O2/c1-5-9-8(3)7(2)6-10(11-4)12-9/h7-10H,5-6H2,1-4H3/t7-,8-,9?,10-/m1/s1. The molecular weight excluding hydrogens is 152 g/mol. The van der Waals surface area contributed by atoms with Crippen LogP contribution in [0, 0.1) is 11.8 Å². The molecule has 0 aromatic carbocycles. The van der Waals surface area contributed by atoms with Crippen molar-refractivity contribution in [1.29, 1.82) is 0 Å². The van der Waals surface area contributed by atoms with Crippen molar-refractivity contribution in [2.75, 3.05) is 7.11 Å². The van der Waals surface area contributed by atoms with Crippen molar-refractivity contribution in [2.24, 2.45) is 11.8 Å². The van der Waals surface area contributed by atoms with E-state index >= 15 is 0 Å². The van der Waals surface area contributed by atoms with E-state index in [1.807, 2.05) is 0 Å². The molecule has 0 radical (unpaired) electrons. The summed E-state index contributed by atoms with van der Waals surface area (Å²) in [6.45, 7) is 6.72. The monoisotopic (exact) mass is 172 g/mol. The summed E-state index contributed by atoms with van der Waals surface area (Å²) in [5.74, 6) is 1.38. The summed E-state index contributed by atoms with van der Waals surface area (Å²) in [4.78, 5) is 0. The molecule has 4 atom stereocenters. The second-order valence-corrected chi connectivity index (χ2v) is 3.82. The van der Waals surface area contributed by atoms with Crippen LogP contribution in [0.5, 0.6) is 0 Å². The van der Waals surface area contributed by atoms with E-state index in [4.69, 9.17) is 9.47 Å². The summed E-state index contributed by atoms with van der Waals surface area (Å²) >= 11 is 0. The van der Waals surface area contributed by atoms with E-state index in [-0.39, 0.29) is 6.29 Å². The van der Waals surface area contributed by atoms with Gasteiger partial charge in [0.2, 0.25) is 0 Å². The molecule has 2 nitrogen and oxygen atoms in total. The Morgan fingerprint density at radius 3 is 2.58 bits per heavy atom. The molecule has 1 saturated heterocycles. The lowest BCUT2D eigenvalue weighted by Crippen LogP contribution is -2.39. The minimum absolute atomic E-state index is 0.0288. The highest BCUT2D eigenvalue weighted by Crippen LogP contribution is 2.31. The molecule has 0 aromatic heterocycles. The molecule has 2 heteroatoms. The topological polar surface area (TPSA) is 18.5 Å². The minimum Gasteiger partial charge on any atom is -0.356 e. The van der Waals surface area contributed by atoms with E-state index in [1.165, 1.54) is 0 Å². The quantitative estimate of drug-likeness (QED) is 0.637. The molecule has 1 rings (SSSR count). The lowest BCUT2D eigenvalue weighted by atomic mass is 9.84. The average molecular weight is 172 g/mol. The first kappa shape index (κ1) is 10.0. The van der Waals surface area contributed by atoms with Crippen molar-refractivity contribution >= 4 is 0 Å². The van der Waals surface area contributed by atoms with Gasteiger partial charge < -0.3 is 9.47 Å². The zero-order valence-electron chi connectivity index (χ0n) is 8.54. The van der Waals surface area contributed by atoms with Gasteiger partial charge in [-0.25, -0.2) is 0 Å². The maximum atomic E-state index is 5.75. The van der Waals surface area contributed by atoms with E-state index in [9.17, 15) is 0 Å². The van der Waals surface area contributed by atoms with Gasteiger partial charge in [-0.2, -0.15) is 0 Å². The van der Waals surface area contributed by atoms with Gasteiger partial charge in [-0.1, -0.05) is 20.8 Å². The highest BCUT2D eigenvalue weighted by molar-refractivity contribution is 4.76. The maximum Gasteiger partial charge on any atom is 0.157 e. The van der Waals surface area contributed by atoms with Crippen LogP contribution in [0.1, 0.15) is 33.6 Å². The first-order valence-electron chi connectivity index (χ1n) is 4.87. The molecule has 0 spiro atoms. The van der Waals surface area contributed by atoms with Gasteiger partial charge in [-0.3, -0.25) is 0 Å². The van der Waals surface area contributed by atoms with Gasteiger partial charge in [-0.15, -0.1) is 0 Å². The van der Waals surface area contributed by atoms with Crippen LogP contribution in [0.15, 0.2) is 0 Å². The lowest BCUT2D eigenvalue weighted by Gasteiger charge is -2.38. The van der Waals surface area contributed by atoms with Crippen molar-refractivity contribution in [3.05, 3.63) is 0 Å². The molecule has 0 saturated carbocycles. The third-order valence-corrected chi connectivity index (χ3v) is 3.04. The molecule has 12 heavy (non-hydrogen) atoms. The van der Waals surface area contributed by atoms with Crippen molar-refractivity contribution < 1.29 is 9.47 Å². The largest absolute Gasteiger partial charge is 0.356 e. The number of hydrogen-bond donors (Lipinski definition) is 0. The van der Waals surface area contributed by atoms with Crippen molar-refractivity contribution in [3.8, 4) is 0 Å². The molecule has 1 aliphatic rings.